The first-order valence-corrected chi connectivity index (χ1v) is 7.14. The van der Waals surface area contributed by atoms with Crippen LogP contribution in [0.4, 0.5) is 0 Å². The van der Waals surface area contributed by atoms with Gasteiger partial charge in [0, 0.05) is 0 Å². The van der Waals surface area contributed by atoms with Gasteiger partial charge in [0.25, 0.3) is 0 Å². The zero-order valence-electron chi connectivity index (χ0n) is 9.61. The van der Waals surface area contributed by atoms with Crippen LogP contribution in [0.25, 0.3) is 0 Å². The van der Waals surface area contributed by atoms with Crippen LogP contribution in [0.1, 0.15) is 51.9 Å². The van der Waals surface area contributed by atoms with Gasteiger partial charge >= 0.3 is 101 Å². The van der Waals surface area contributed by atoms with Crippen molar-refractivity contribution in [2.75, 3.05) is 6.54 Å². The topological polar surface area (TPSA) is 15.6 Å². The van der Waals surface area contributed by atoms with E-state index in [1.807, 2.05) is 0 Å². The van der Waals surface area contributed by atoms with E-state index >= 15 is 0 Å². The SMILES string of the molecule is CC1CCCN1C([Se])=NC1CCCCC1. The summed E-state index contributed by atoms with van der Waals surface area (Å²) in [7, 11) is 0. The molecular formula is C12H21N2Se. The number of aliphatic imine (C=N–C) groups is 1. The molecule has 1 unspecified atom stereocenters. The molecule has 0 spiro atoms. The van der Waals surface area contributed by atoms with Gasteiger partial charge in [-0.25, -0.2) is 0 Å². The number of nitrogens with zero attached hydrogens (tertiary/aromatic N) is 2. The van der Waals surface area contributed by atoms with Gasteiger partial charge in [0.1, 0.15) is 0 Å². The monoisotopic (exact) mass is 273 g/mol. The van der Waals surface area contributed by atoms with Crippen LogP contribution in [-0.4, -0.2) is 44.3 Å². The predicted octanol–water partition coefficient (Wildman–Crippen LogP) is 2.33. The Hall–Kier alpha value is -0.0105. The van der Waals surface area contributed by atoms with Gasteiger partial charge in [0.15, 0.2) is 0 Å². The molecule has 0 N–H and O–H groups in total. The molecule has 2 fully saturated rings. The van der Waals surface area contributed by atoms with Gasteiger partial charge in [-0.1, -0.05) is 0 Å². The normalized spacial score (nSPS) is 29.8. The molecule has 2 aliphatic rings. The number of likely N-dealkylation sites (tertiary alicyclic amines) is 1. The summed E-state index contributed by atoms with van der Waals surface area (Å²) in [5.74, 6) is 0. The first-order valence-electron chi connectivity index (χ1n) is 6.29. The van der Waals surface area contributed by atoms with Crippen molar-refractivity contribution in [2.45, 2.75) is 64.0 Å². The molecule has 2 rings (SSSR count). The molecule has 1 aliphatic carbocycles. The summed E-state index contributed by atoms with van der Waals surface area (Å²) in [6, 6.07) is 1.29. The Morgan fingerprint density at radius 1 is 1.13 bits per heavy atom. The molecule has 3 heteroatoms. The van der Waals surface area contributed by atoms with Crippen LogP contribution in [-0.2, 0) is 0 Å². The van der Waals surface area contributed by atoms with E-state index in [4.69, 9.17) is 4.99 Å². The van der Waals surface area contributed by atoms with Gasteiger partial charge < -0.3 is 0 Å². The molecule has 0 bridgehead atoms. The molecular weight excluding hydrogens is 251 g/mol. The fraction of sp³-hybridized carbons (Fsp3) is 0.917. The van der Waals surface area contributed by atoms with Crippen LogP contribution in [0.15, 0.2) is 4.99 Å². The molecule has 2 nitrogen and oxygen atoms in total. The van der Waals surface area contributed by atoms with Crippen molar-refractivity contribution in [3.63, 3.8) is 0 Å². The van der Waals surface area contributed by atoms with E-state index in [0.717, 1.165) is 0 Å². The zero-order valence-corrected chi connectivity index (χ0v) is 11.3. The van der Waals surface area contributed by atoms with E-state index in [1.165, 1.54) is 56.2 Å². The van der Waals surface area contributed by atoms with Gasteiger partial charge in [-0.2, -0.15) is 0 Å². The number of hydrogen-bond acceptors (Lipinski definition) is 1. The fourth-order valence-electron chi connectivity index (χ4n) is 2.66. The van der Waals surface area contributed by atoms with Gasteiger partial charge in [0.05, 0.1) is 0 Å². The van der Waals surface area contributed by atoms with E-state index in [9.17, 15) is 0 Å². The maximum absolute atomic E-state index is 4.86. The third-order valence-electron chi connectivity index (χ3n) is 3.67. The van der Waals surface area contributed by atoms with E-state index in [0.29, 0.717) is 12.1 Å². The third-order valence-corrected chi connectivity index (χ3v) is 4.38. The van der Waals surface area contributed by atoms with Crippen molar-refractivity contribution >= 4 is 20.7 Å². The quantitative estimate of drug-likeness (QED) is 0.406. The molecule has 0 aromatic heterocycles. The summed E-state index contributed by atoms with van der Waals surface area (Å²) in [4.78, 5) is 7.29. The average molecular weight is 272 g/mol. The van der Waals surface area contributed by atoms with E-state index in [2.05, 4.69) is 27.8 Å². The molecule has 1 saturated heterocycles. The van der Waals surface area contributed by atoms with Crippen LogP contribution in [0.3, 0.4) is 0 Å². The first kappa shape index (κ1) is 11.5. The minimum atomic E-state index is 0.600. The van der Waals surface area contributed by atoms with E-state index < -0.39 is 0 Å². The van der Waals surface area contributed by atoms with Crippen molar-refractivity contribution in [1.82, 2.24) is 4.90 Å². The van der Waals surface area contributed by atoms with Gasteiger partial charge in [-0.3, -0.25) is 0 Å². The van der Waals surface area contributed by atoms with Crippen LogP contribution in [0.2, 0.25) is 0 Å². The summed E-state index contributed by atoms with van der Waals surface area (Å²) in [6.45, 7) is 3.50. The molecule has 0 amide bonds. The Labute approximate surface area is 101 Å². The Kier molecular flexibility index (Phi) is 4.10. The average Bonchev–Trinajstić information content (AvgIpc) is 2.66. The molecule has 1 atom stereocenters. The molecule has 1 heterocycles. The van der Waals surface area contributed by atoms with Gasteiger partial charge in [-0.15, -0.1) is 0 Å². The number of amidine groups is 1. The standard InChI is InChI=1S/C12H21N2Se/c1-10-6-5-9-14(10)12(15)13-11-7-3-2-4-8-11/h10-11H,2-9H2,1H3. The summed E-state index contributed by atoms with van der Waals surface area (Å²) < 4.78 is 1.17. The van der Waals surface area contributed by atoms with Crippen molar-refractivity contribution in [2.24, 2.45) is 4.99 Å². The molecule has 1 aliphatic heterocycles. The van der Waals surface area contributed by atoms with Crippen LogP contribution in [0, 0.1) is 0 Å². The first-order chi connectivity index (χ1) is 7.27. The third kappa shape index (κ3) is 2.98. The Morgan fingerprint density at radius 3 is 2.47 bits per heavy atom. The molecule has 0 aromatic carbocycles. The number of rotatable bonds is 1. The molecule has 85 valence electrons. The van der Waals surface area contributed by atoms with Crippen LogP contribution >= 0.6 is 0 Å². The molecule has 1 radical (unpaired) electrons. The molecule has 15 heavy (non-hydrogen) atoms. The molecule has 1 saturated carbocycles. The summed E-state index contributed by atoms with van der Waals surface area (Å²) in [5, 5.41) is 0. The predicted molar refractivity (Wildman–Crippen MR) is 65.5 cm³/mol. The maximum atomic E-state index is 4.86. The molecule has 0 aromatic rings. The fourth-order valence-corrected chi connectivity index (χ4v) is 3.54. The van der Waals surface area contributed by atoms with Crippen molar-refractivity contribution < 1.29 is 0 Å². The van der Waals surface area contributed by atoms with E-state index in [-0.39, 0.29) is 0 Å². The summed E-state index contributed by atoms with van der Waals surface area (Å²) in [5.41, 5.74) is 0. The van der Waals surface area contributed by atoms with Crippen molar-refractivity contribution in [1.29, 1.82) is 0 Å². The minimum absolute atomic E-state index is 0.600. The number of hydrogen-bond donors (Lipinski definition) is 0. The Bertz CT molecular complexity index is 234. The van der Waals surface area contributed by atoms with Crippen LogP contribution in [0.5, 0.6) is 0 Å². The second kappa shape index (κ2) is 5.36. The second-order valence-corrected chi connectivity index (χ2v) is 5.65. The second-order valence-electron chi connectivity index (χ2n) is 4.89. The van der Waals surface area contributed by atoms with Crippen molar-refractivity contribution in [3.05, 3.63) is 0 Å². The summed E-state index contributed by atoms with van der Waals surface area (Å²) >= 11 is 3.17. The van der Waals surface area contributed by atoms with Crippen LogP contribution < -0.4 is 0 Å². The van der Waals surface area contributed by atoms with Crippen molar-refractivity contribution in [3.8, 4) is 0 Å². The van der Waals surface area contributed by atoms with Gasteiger partial charge in [-0.05, 0) is 0 Å². The van der Waals surface area contributed by atoms with Gasteiger partial charge in [0.2, 0.25) is 0 Å². The van der Waals surface area contributed by atoms with E-state index in [1.54, 1.807) is 0 Å². The Balaban J connectivity index is 1.92. The zero-order chi connectivity index (χ0) is 10.7. The Morgan fingerprint density at radius 2 is 1.87 bits per heavy atom. The summed E-state index contributed by atoms with van der Waals surface area (Å²) in [6.07, 6.45) is 9.40.